The Morgan fingerprint density at radius 2 is 2.31 bits per heavy atom. The highest BCUT2D eigenvalue weighted by atomic mass is 16.2. The van der Waals surface area contributed by atoms with E-state index in [4.69, 9.17) is 6.42 Å². The second-order valence-corrected chi connectivity index (χ2v) is 3.22. The van der Waals surface area contributed by atoms with E-state index in [-0.39, 0.29) is 17.2 Å². The van der Waals surface area contributed by atoms with Gasteiger partial charge >= 0.3 is 0 Å². The molecule has 16 heavy (non-hydrogen) atoms. The van der Waals surface area contributed by atoms with Crippen LogP contribution in [0.1, 0.15) is 29.8 Å². The van der Waals surface area contributed by atoms with Gasteiger partial charge in [0, 0.05) is 19.0 Å². The zero-order valence-electron chi connectivity index (χ0n) is 8.82. The quantitative estimate of drug-likeness (QED) is 0.552. The molecule has 1 aromatic rings. The maximum Gasteiger partial charge on any atom is 0.271 e. The minimum atomic E-state index is -0.328. The summed E-state index contributed by atoms with van der Waals surface area (Å²) in [5.74, 6) is 2.23. The number of terminal acetylenes is 1. The van der Waals surface area contributed by atoms with Crippen LogP contribution < -0.4 is 10.9 Å². The van der Waals surface area contributed by atoms with Crippen molar-refractivity contribution in [2.75, 3.05) is 6.54 Å². The van der Waals surface area contributed by atoms with Gasteiger partial charge in [-0.3, -0.25) is 9.59 Å². The molecule has 5 heteroatoms. The highest BCUT2D eigenvalue weighted by Crippen LogP contribution is 1.93. The molecule has 0 spiro atoms. The van der Waals surface area contributed by atoms with E-state index in [1.54, 1.807) is 0 Å². The van der Waals surface area contributed by atoms with Gasteiger partial charge in [-0.1, -0.05) is 0 Å². The number of unbranched alkanes of at least 4 members (excludes halogenated alkanes) is 2. The summed E-state index contributed by atoms with van der Waals surface area (Å²) in [5.41, 5.74) is -0.123. The van der Waals surface area contributed by atoms with Gasteiger partial charge in [-0.05, 0) is 18.9 Å². The Bertz CT molecular complexity index is 425. The molecule has 0 atom stereocenters. The molecule has 0 unspecified atom stereocenters. The number of aromatic amines is 1. The van der Waals surface area contributed by atoms with Crippen LogP contribution in [0.15, 0.2) is 16.9 Å². The molecule has 0 aliphatic carbocycles. The van der Waals surface area contributed by atoms with Crippen molar-refractivity contribution in [1.82, 2.24) is 15.5 Å². The topological polar surface area (TPSA) is 74.8 Å². The fourth-order valence-electron chi connectivity index (χ4n) is 1.12. The molecule has 0 saturated heterocycles. The molecule has 1 heterocycles. The van der Waals surface area contributed by atoms with Gasteiger partial charge in [0.05, 0.1) is 0 Å². The lowest BCUT2D eigenvalue weighted by atomic mass is 10.2. The summed E-state index contributed by atoms with van der Waals surface area (Å²) in [4.78, 5) is 22.2. The third-order valence-corrected chi connectivity index (χ3v) is 1.95. The molecule has 2 N–H and O–H groups in total. The maximum absolute atomic E-state index is 11.5. The minimum absolute atomic E-state index is 0.205. The molecule has 0 saturated carbocycles. The SMILES string of the molecule is C#CCCCCNC(=O)c1ccc(=O)[nH]n1. The predicted molar refractivity (Wildman–Crippen MR) is 59.9 cm³/mol. The lowest BCUT2D eigenvalue weighted by Crippen LogP contribution is -2.26. The van der Waals surface area contributed by atoms with Crippen molar-refractivity contribution in [3.8, 4) is 12.3 Å². The van der Waals surface area contributed by atoms with Crippen LogP contribution in [-0.4, -0.2) is 22.6 Å². The Labute approximate surface area is 93.3 Å². The normalized spacial score (nSPS) is 9.44. The summed E-state index contributed by atoms with van der Waals surface area (Å²) in [5, 5.41) is 8.50. The number of nitrogens with one attached hydrogen (secondary N) is 2. The Balaban J connectivity index is 2.33. The molecule has 0 fully saturated rings. The molecule has 84 valence electrons. The minimum Gasteiger partial charge on any atom is -0.351 e. The first-order valence-corrected chi connectivity index (χ1v) is 5.01. The molecule has 0 bridgehead atoms. The van der Waals surface area contributed by atoms with Gasteiger partial charge in [0.15, 0.2) is 0 Å². The first kappa shape index (κ1) is 12.0. The summed E-state index contributed by atoms with van der Waals surface area (Å²) in [6, 6.07) is 2.65. The highest BCUT2D eigenvalue weighted by Gasteiger charge is 2.05. The monoisotopic (exact) mass is 219 g/mol. The van der Waals surface area contributed by atoms with E-state index in [9.17, 15) is 9.59 Å². The maximum atomic E-state index is 11.5. The number of carbonyl (C=O) groups is 1. The van der Waals surface area contributed by atoms with Crippen LogP contribution in [0.3, 0.4) is 0 Å². The van der Waals surface area contributed by atoms with Crippen molar-refractivity contribution in [3.05, 3.63) is 28.2 Å². The van der Waals surface area contributed by atoms with Crippen LogP contribution in [0.25, 0.3) is 0 Å². The summed E-state index contributed by atoms with van der Waals surface area (Å²) in [7, 11) is 0. The molecule has 1 amide bonds. The average Bonchev–Trinajstić information content (AvgIpc) is 2.29. The lowest BCUT2D eigenvalue weighted by molar-refractivity contribution is 0.0947. The summed E-state index contributed by atoms with van der Waals surface area (Å²) in [6.45, 7) is 0.557. The summed E-state index contributed by atoms with van der Waals surface area (Å²) in [6.07, 6.45) is 7.53. The molecule has 1 rings (SSSR count). The third-order valence-electron chi connectivity index (χ3n) is 1.95. The van der Waals surface area contributed by atoms with Crippen LogP contribution in [0.2, 0.25) is 0 Å². The van der Waals surface area contributed by atoms with E-state index in [1.807, 2.05) is 0 Å². The van der Waals surface area contributed by atoms with Gasteiger partial charge in [0.1, 0.15) is 5.69 Å². The fourth-order valence-corrected chi connectivity index (χ4v) is 1.12. The van der Waals surface area contributed by atoms with Crippen molar-refractivity contribution < 1.29 is 4.79 Å². The largest absolute Gasteiger partial charge is 0.351 e. The molecular weight excluding hydrogens is 206 g/mol. The van der Waals surface area contributed by atoms with Crippen molar-refractivity contribution in [2.24, 2.45) is 0 Å². The molecule has 5 nitrogen and oxygen atoms in total. The number of carbonyl (C=O) groups excluding carboxylic acids is 1. The Kier molecular flexibility index (Phi) is 4.80. The van der Waals surface area contributed by atoms with Crippen molar-refractivity contribution >= 4 is 5.91 Å². The first-order chi connectivity index (χ1) is 7.74. The van der Waals surface area contributed by atoms with Crippen LogP contribution in [-0.2, 0) is 0 Å². The smallest absolute Gasteiger partial charge is 0.271 e. The molecule has 0 aliphatic rings. The van der Waals surface area contributed by atoms with Crippen molar-refractivity contribution in [3.63, 3.8) is 0 Å². The predicted octanol–water partition coefficient (Wildman–Crippen LogP) is 0.303. The van der Waals surface area contributed by atoms with Gasteiger partial charge in [-0.25, -0.2) is 5.10 Å². The summed E-state index contributed by atoms with van der Waals surface area (Å²) < 4.78 is 0. The zero-order chi connectivity index (χ0) is 11.8. The van der Waals surface area contributed by atoms with Crippen molar-refractivity contribution in [2.45, 2.75) is 19.3 Å². The standard InChI is InChI=1S/C11H13N3O2/c1-2-3-4-5-8-12-11(16)9-6-7-10(15)14-13-9/h1,6-7H,3-5,8H2,(H,12,16)(H,14,15). The van der Waals surface area contributed by atoms with E-state index >= 15 is 0 Å². The first-order valence-electron chi connectivity index (χ1n) is 5.01. The molecule has 0 aliphatic heterocycles. The molecule has 1 aromatic heterocycles. The van der Waals surface area contributed by atoms with E-state index < -0.39 is 0 Å². The van der Waals surface area contributed by atoms with Gasteiger partial charge in [-0.15, -0.1) is 12.3 Å². The number of amides is 1. The molecule has 0 radical (unpaired) electrons. The lowest BCUT2D eigenvalue weighted by Gasteiger charge is -2.02. The second-order valence-electron chi connectivity index (χ2n) is 3.22. The van der Waals surface area contributed by atoms with Gasteiger partial charge in [0.25, 0.3) is 11.5 Å². The number of H-pyrrole nitrogens is 1. The van der Waals surface area contributed by atoms with E-state index in [0.29, 0.717) is 13.0 Å². The van der Waals surface area contributed by atoms with E-state index in [2.05, 4.69) is 21.4 Å². The van der Waals surface area contributed by atoms with Crippen LogP contribution in [0, 0.1) is 12.3 Å². The van der Waals surface area contributed by atoms with Crippen LogP contribution in [0.4, 0.5) is 0 Å². The second kappa shape index (κ2) is 6.40. The molecular formula is C11H13N3O2. The Hall–Kier alpha value is -2.09. The third kappa shape index (κ3) is 3.96. The number of nitrogens with zero attached hydrogens (tertiary/aromatic N) is 1. The Morgan fingerprint density at radius 1 is 1.50 bits per heavy atom. The van der Waals surface area contributed by atoms with Crippen LogP contribution in [0.5, 0.6) is 0 Å². The fraction of sp³-hybridized carbons (Fsp3) is 0.364. The number of hydrogen-bond acceptors (Lipinski definition) is 3. The molecule has 0 aromatic carbocycles. The average molecular weight is 219 g/mol. The van der Waals surface area contributed by atoms with Crippen molar-refractivity contribution in [1.29, 1.82) is 0 Å². The number of rotatable bonds is 5. The number of aromatic nitrogens is 2. The number of hydrogen-bond donors (Lipinski definition) is 2. The Morgan fingerprint density at radius 3 is 2.94 bits per heavy atom. The van der Waals surface area contributed by atoms with E-state index in [1.165, 1.54) is 12.1 Å². The van der Waals surface area contributed by atoms with Crippen LogP contribution >= 0.6 is 0 Å². The van der Waals surface area contributed by atoms with E-state index in [0.717, 1.165) is 12.8 Å². The van der Waals surface area contributed by atoms with Gasteiger partial charge in [0.2, 0.25) is 0 Å². The summed E-state index contributed by atoms with van der Waals surface area (Å²) >= 11 is 0. The highest BCUT2D eigenvalue weighted by molar-refractivity contribution is 5.91. The zero-order valence-corrected chi connectivity index (χ0v) is 8.82. The van der Waals surface area contributed by atoms with Gasteiger partial charge < -0.3 is 5.32 Å². The van der Waals surface area contributed by atoms with Gasteiger partial charge in [-0.2, -0.15) is 5.10 Å².